The molecule has 0 saturated carbocycles. The first-order valence-electron chi connectivity index (χ1n) is 8.34. The van der Waals surface area contributed by atoms with Crippen molar-refractivity contribution in [2.24, 2.45) is 0 Å². The van der Waals surface area contributed by atoms with Crippen LogP contribution in [0.15, 0.2) is 23.1 Å². The van der Waals surface area contributed by atoms with Crippen LogP contribution >= 0.6 is 0 Å². The third-order valence-electron chi connectivity index (χ3n) is 4.90. The Morgan fingerprint density at radius 2 is 1.96 bits per heavy atom. The number of fused-ring (bicyclic) bond motifs is 1. The van der Waals surface area contributed by atoms with Gasteiger partial charge in [0.15, 0.2) is 0 Å². The van der Waals surface area contributed by atoms with Gasteiger partial charge in [0, 0.05) is 31.7 Å². The van der Waals surface area contributed by atoms with Crippen LogP contribution in [0.1, 0.15) is 45.1 Å². The van der Waals surface area contributed by atoms with Gasteiger partial charge in [-0.3, -0.25) is 4.79 Å². The Labute approximate surface area is 138 Å². The first kappa shape index (κ1) is 16.5. The van der Waals surface area contributed by atoms with Crippen LogP contribution in [0.4, 0.5) is 5.69 Å². The topological polar surface area (TPSA) is 57.7 Å². The van der Waals surface area contributed by atoms with Gasteiger partial charge in [0.25, 0.3) is 0 Å². The number of amides is 1. The van der Waals surface area contributed by atoms with E-state index in [4.69, 9.17) is 0 Å². The third-order valence-corrected chi connectivity index (χ3v) is 6.91. The van der Waals surface area contributed by atoms with Crippen LogP contribution in [0.5, 0.6) is 0 Å². The number of hydrogen-bond acceptors (Lipinski definition) is 3. The molecule has 2 aliphatic heterocycles. The highest BCUT2D eigenvalue weighted by Gasteiger charge is 2.32. The Bertz CT molecular complexity index is 715. The largest absolute Gasteiger partial charge is 0.312 e. The molecule has 0 N–H and O–H groups in total. The van der Waals surface area contributed by atoms with Gasteiger partial charge in [0.05, 0.1) is 4.90 Å². The summed E-state index contributed by atoms with van der Waals surface area (Å²) < 4.78 is 27.5. The summed E-state index contributed by atoms with van der Waals surface area (Å²) >= 11 is 0. The Balaban J connectivity index is 1.96. The maximum absolute atomic E-state index is 12.9. The van der Waals surface area contributed by atoms with Crippen LogP contribution < -0.4 is 4.90 Å². The predicted molar refractivity (Wildman–Crippen MR) is 90.0 cm³/mol. The van der Waals surface area contributed by atoms with E-state index in [0.29, 0.717) is 18.0 Å². The van der Waals surface area contributed by atoms with E-state index in [9.17, 15) is 13.2 Å². The van der Waals surface area contributed by atoms with Gasteiger partial charge in [-0.25, -0.2) is 8.42 Å². The van der Waals surface area contributed by atoms with E-state index in [0.717, 1.165) is 43.4 Å². The van der Waals surface area contributed by atoms with Crippen molar-refractivity contribution in [2.75, 3.05) is 18.0 Å². The maximum atomic E-state index is 12.9. The van der Waals surface area contributed by atoms with Gasteiger partial charge in [-0.05, 0) is 56.4 Å². The SMILES string of the molecule is CC(=O)N1CCCc2cc(S(=O)(=O)N3CCCCC3C)ccc21. The lowest BCUT2D eigenvalue weighted by atomic mass is 10.0. The highest BCUT2D eigenvalue weighted by atomic mass is 32.2. The number of carbonyl (C=O) groups excluding carboxylic acids is 1. The van der Waals surface area contributed by atoms with E-state index in [2.05, 4.69) is 0 Å². The van der Waals surface area contributed by atoms with Crippen LogP contribution in [0.2, 0.25) is 0 Å². The molecule has 1 amide bonds. The number of anilines is 1. The van der Waals surface area contributed by atoms with Gasteiger partial charge in [-0.1, -0.05) is 6.42 Å². The van der Waals surface area contributed by atoms with Crippen LogP contribution in [-0.4, -0.2) is 37.8 Å². The first-order valence-corrected chi connectivity index (χ1v) is 9.78. The van der Waals surface area contributed by atoms with Gasteiger partial charge in [-0.2, -0.15) is 4.31 Å². The molecule has 3 rings (SSSR count). The lowest BCUT2D eigenvalue weighted by molar-refractivity contribution is -0.116. The van der Waals surface area contributed by atoms with E-state index < -0.39 is 10.0 Å². The van der Waals surface area contributed by atoms with Gasteiger partial charge in [0.1, 0.15) is 0 Å². The quantitative estimate of drug-likeness (QED) is 0.834. The number of aryl methyl sites for hydroxylation is 1. The van der Waals surface area contributed by atoms with Crippen LogP contribution in [0.25, 0.3) is 0 Å². The summed E-state index contributed by atoms with van der Waals surface area (Å²) in [4.78, 5) is 13.8. The van der Waals surface area contributed by atoms with Crippen LogP contribution in [-0.2, 0) is 21.2 Å². The normalized spacial score (nSPS) is 22.7. The minimum atomic E-state index is -3.45. The monoisotopic (exact) mass is 336 g/mol. The molecule has 0 aliphatic carbocycles. The molecular weight excluding hydrogens is 312 g/mol. The van der Waals surface area contributed by atoms with Gasteiger partial charge in [0.2, 0.25) is 15.9 Å². The minimum absolute atomic E-state index is 0.00575. The molecule has 1 aromatic rings. The summed E-state index contributed by atoms with van der Waals surface area (Å²) in [7, 11) is -3.45. The van der Waals surface area contributed by atoms with E-state index in [1.807, 2.05) is 6.92 Å². The molecule has 1 atom stereocenters. The molecule has 0 radical (unpaired) electrons. The highest BCUT2D eigenvalue weighted by Crippen LogP contribution is 2.32. The molecule has 1 aromatic carbocycles. The number of carbonyl (C=O) groups is 1. The van der Waals surface area contributed by atoms with Crippen molar-refractivity contribution < 1.29 is 13.2 Å². The summed E-state index contributed by atoms with van der Waals surface area (Å²) in [6.45, 7) is 4.83. The Morgan fingerprint density at radius 3 is 2.65 bits per heavy atom. The molecule has 23 heavy (non-hydrogen) atoms. The zero-order chi connectivity index (χ0) is 16.6. The third kappa shape index (κ3) is 3.02. The molecule has 1 fully saturated rings. The average Bonchev–Trinajstić information content (AvgIpc) is 2.53. The van der Waals surface area contributed by atoms with Crippen LogP contribution in [0.3, 0.4) is 0 Å². The molecule has 0 spiro atoms. The summed E-state index contributed by atoms with van der Waals surface area (Å²) in [5, 5.41) is 0. The fourth-order valence-electron chi connectivity index (χ4n) is 3.63. The summed E-state index contributed by atoms with van der Waals surface area (Å²) in [5.41, 5.74) is 1.81. The zero-order valence-corrected chi connectivity index (χ0v) is 14.6. The molecule has 2 heterocycles. The number of sulfonamides is 1. The second kappa shape index (κ2) is 6.24. The number of rotatable bonds is 2. The Hall–Kier alpha value is -1.40. The van der Waals surface area contributed by atoms with Crippen molar-refractivity contribution in [3.05, 3.63) is 23.8 Å². The second-order valence-corrected chi connectivity index (χ2v) is 8.42. The lowest BCUT2D eigenvalue weighted by Crippen LogP contribution is -2.42. The van der Waals surface area contributed by atoms with Gasteiger partial charge >= 0.3 is 0 Å². The van der Waals surface area contributed by atoms with E-state index in [1.165, 1.54) is 0 Å². The fraction of sp³-hybridized carbons (Fsp3) is 0.588. The minimum Gasteiger partial charge on any atom is -0.312 e. The second-order valence-electron chi connectivity index (χ2n) is 6.53. The zero-order valence-electron chi connectivity index (χ0n) is 13.8. The Morgan fingerprint density at radius 1 is 1.17 bits per heavy atom. The summed E-state index contributed by atoms with van der Waals surface area (Å²) in [6, 6.07) is 5.26. The average molecular weight is 336 g/mol. The standard InChI is InChI=1S/C17H24N2O3S/c1-13-6-3-4-11-19(13)23(21,22)16-8-9-17-15(12-16)7-5-10-18(17)14(2)20/h8-9,12-13H,3-7,10-11H2,1-2H3. The van der Waals surface area contributed by atoms with E-state index in [-0.39, 0.29) is 11.9 Å². The molecule has 1 saturated heterocycles. The molecular formula is C17H24N2O3S. The van der Waals surface area contributed by atoms with Crippen molar-refractivity contribution >= 4 is 21.6 Å². The van der Waals surface area contributed by atoms with Crippen molar-refractivity contribution in [3.8, 4) is 0 Å². The fourth-order valence-corrected chi connectivity index (χ4v) is 5.38. The maximum Gasteiger partial charge on any atom is 0.243 e. The number of nitrogens with zero attached hydrogens (tertiary/aromatic N) is 2. The summed E-state index contributed by atoms with van der Waals surface area (Å²) in [5.74, 6) is 0.00575. The van der Waals surface area contributed by atoms with Crippen molar-refractivity contribution in [3.63, 3.8) is 0 Å². The number of piperidine rings is 1. The molecule has 0 aromatic heterocycles. The van der Waals surface area contributed by atoms with Crippen molar-refractivity contribution in [1.82, 2.24) is 4.31 Å². The molecule has 126 valence electrons. The molecule has 1 unspecified atom stereocenters. The van der Waals surface area contributed by atoms with E-state index in [1.54, 1.807) is 34.3 Å². The Kier molecular flexibility index (Phi) is 4.47. The van der Waals surface area contributed by atoms with Gasteiger partial charge in [-0.15, -0.1) is 0 Å². The van der Waals surface area contributed by atoms with Gasteiger partial charge < -0.3 is 4.90 Å². The lowest BCUT2D eigenvalue weighted by Gasteiger charge is -2.33. The summed E-state index contributed by atoms with van der Waals surface area (Å²) in [6.07, 6.45) is 4.62. The van der Waals surface area contributed by atoms with Crippen molar-refractivity contribution in [2.45, 2.75) is 56.9 Å². The molecule has 6 heteroatoms. The number of benzene rings is 1. The predicted octanol–water partition coefficient (Wildman–Crippen LogP) is 2.55. The van der Waals surface area contributed by atoms with Crippen molar-refractivity contribution in [1.29, 1.82) is 0 Å². The highest BCUT2D eigenvalue weighted by molar-refractivity contribution is 7.89. The molecule has 0 bridgehead atoms. The molecule has 5 nitrogen and oxygen atoms in total. The van der Waals surface area contributed by atoms with Crippen LogP contribution in [0, 0.1) is 0 Å². The number of hydrogen-bond donors (Lipinski definition) is 0. The smallest absolute Gasteiger partial charge is 0.243 e. The first-order chi connectivity index (χ1) is 10.9. The van der Waals surface area contributed by atoms with E-state index >= 15 is 0 Å². The molecule has 2 aliphatic rings.